The summed E-state index contributed by atoms with van der Waals surface area (Å²) < 4.78 is 0. The molecule has 0 saturated heterocycles. The van der Waals surface area contributed by atoms with Crippen molar-refractivity contribution in [1.29, 1.82) is 0 Å². The molecule has 0 amide bonds. The molecule has 0 radical (unpaired) electrons. The Morgan fingerprint density at radius 2 is 1.65 bits per heavy atom. The van der Waals surface area contributed by atoms with E-state index in [-0.39, 0.29) is 0 Å². The SMILES string of the molecule is C1=CC=C(n2nc3c(n2)C=CCC=C3)CC=C1. The summed E-state index contributed by atoms with van der Waals surface area (Å²) in [6, 6.07) is 0. The lowest BCUT2D eigenvalue weighted by Crippen LogP contribution is -2.00. The number of rotatable bonds is 1. The Balaban J connectivity index is 2.00. The van der Waals surface area contributed by atoms with Crippen LogP contribution in [0.25, 0.3) is 17.8 Å². The van der Waals surface area contributed by atoms with Crippen LogP contribution in [0.5, 0.6) is 0 Å². The van der Waals surface area contributed by atoms with Crippen molar-refractivity contribution in [1.82, 2.24) is 15.0 Å². The van der Waals surface area contributed by atoms with Crippen LogP contribution in [0.3, 0.4) is 0 Å². The highest BCUT2D eigenvalue weighted by molar-refractivity contribution is 5.62. The first-order valence-electron chi connectivity index (χ1n) is 5.77. The molecule has 0 saturated carbocycles. The topological polar surface area (TPSA) is 30.7 Å². The Morgan fingerprint density at radius 1 is 0.882 bits per heavy atom. The minimum absolute atomic E-state index is 0.855. The van der Waals surface area contributed by atoms with Crippen LogP contribution in [0, 0.1) is 0 Å². The summed E-state index contributed by atoms with van der Waals surface area (Å²) in [6.07, 6.45) is 20.3. The second-order valence-corrected chi connectivity index (χ2v) is 3.98. The van der Waals surface area contributed by atoms with Gasteiger partial charge in [-0.05, 0) is 24.6 Å². The molecule has 0 N–H and O–H groups in total. The molecule has 0 atom stereocenters. The Hall–Kier alpha value is -2.16. The van der Waals surface area contributed by atoms with Gasteiger partial charge in [0.05, 0.1) is 5.70 Å². The van der Waals surface area contributed by atoms with Gasteiger partial charge in [0.1, 0.15) is 11.4 Å². The summed E-state index contributed by atoms with van der Waals surface area (Å²) in [4.78, 5) is 1.73. The fourth-order valence-electron chi connectivity index (χ4n) is 1.85. The van der Waals surface area contributed by atoms with Crippen molar-refractivity contribution in [2.75, 3.05) is 0 Å². The van der Waals surface area contributed by atoms with Crippen molar-refractivity contribution in [2.45, 2.75) is 12.8 Å². The molecule has 1 heterocycles. The average molecular weight is 223 g/mol. The third kappa shape index (κ3) is 2.04. The molecule has 84 valence electrons. The summed E-state index contributed by atoms with van der Waals surface area (Å²) in [6.45, 7) is 0. The van der Waals surface area contributed by atoms with Crippen LogP contribution in [0.4, 0.5) is 0 Å². The molecule has 3 nitrogen and oxygen atoms in total. The van der Waals surface area contributed by atoms with Crippen molar-refractivity contribution in [3.63, 3.8) is 0 Å². The maximum Gasteiger partial charge on any atom is 0.113 e. The summed E-state index contributed by atoms with van der Waals surface area (Å²) >= 11 is 0. The maximum atomic E-state index is 4.51. The van der Waals surface area contributed by atoms with Gasteiger partial charge in [-0.1, -0.05) is 36.5 Å². The molecule has 1 aromatic heterocycles. The predicted octanol–water partition coefficient (Wildman–Crippen LogP) is 3.07. The highest BCUT2D eigenvalue weighted by atomic mass is 15.5. The molecule has 0 fully saturated rings. The Labute approximate surface area is 100 Å². The van der Waals surface area contributed by atoms with E-state index in [1.807, 2.05) is 36.5 Å². The standard InChI is InChI=1S/C14H13N3/c1-2-5-9-12(8-4-1)17-15-13-10-6-3-7-11-14(13)16-17/h1-2,4-8,10-11H,3,9H2. The second-order valence-electron chi connectivity index (χ2n) is 3.98. The molecule has 17 heavy (non-hydrogen) atoms. The van der Waals surface area contributed by atoms with Gasteiger partial charge in [-0.2, -0.15) is 4.80 Å². The minimum atomic E-state index is 0.855. The largest absolute Gasteiger partial charge is 0.154 e. The fraction of sp³-hybridized carbons (Fsp3) is 0.143. The molecular formula is C14H13N3. The predicted molar refractivity (Wildman–Crippen MR) is 69.9 cm³/mol. The van der Waals surface area contributed by atoms with Crippen LogP contribution in [-0.4, -0.2) is 15.0 Å². The first-order chi connectivity index (χ1) is 8.43. The molecule has 0 aliphatic heterocycles. The molecule has 0 spiro atoms. The first kappa shape index (κ1) is 10.0. The van der Waals surface area contributed by atoms with E-state index in [0.717, 1.165) is 29.9 Å². The highest BCUT2D eigenvalue weighted by Gasteiger charge is 2.09. The van der Waals surface area contributed by atoms with E-state index < -0.39 is 0 Å². The Bertz CT molecular complexity index is 539. The zero-order valence-corrected chi connectivity index (χ0v) is 9.45. The average Bonchev–Trinajstić information content (AvgIpc) is 2.58. The maximum absolute atomic E-state index is 4.51. The van der Waals surface area contributed by atoms with Crippen LogP contribution in [0.1, 0.15) is 24.2 Å². The van der Waals surface area contributed by atoms with Crippen molar-refractivity contribution >= 4 is 17.8 Å². The lowest BCUT2D eigenvalue weighted by Gasteiger charge is -2.00. The molecule has 2 aliphatic rings. The van der Waals surface area contributed by atoms with Gasteiger partial charge in [0.15, 0.2) is 0 Å². The lowest BCUT2D eigenvalue weighted by molar-refractivity contribution is 0.751. The van der Waals surface area contributed by atoms with Gasteiger partial charge in [0.2, 0.25) is 0 Å². The zero-order valence-electron chi connectivity index (χ0n) is 9.45. The van der Waals surface area contributed by atoms with Crippen LogP contribution in [-0.2, 0) is 0 Å². The Kier molecular flexibility index (Phi) is 2.58. The minimum Gasteiger partial charge on any atom is -0.154 e. The zero-order chi connectivity index (χ0) is 11.5. The van der Waals surface area contributed by atoms with Gasteiger partial charge in [0, 0.05) is 6.42 Å². The number of aromatic nitrogens is 3. The van der Waals surface area contributed by atoms with Crippen molar-refractivity contribution in [2.24, 2.45) is 0 Å². The van der Waals surface area contributed by atoms with E-state index in [2.05, 4.69) is 28.4 Å². The van der Waals surface area contributed by atoms with Crippen molar-refractivity contribution in [3.05, 3.63) is 53.9 Å². The van der Waals surface area contributed by atoms with Gasteiger partial charge in [-0.3, -0.25) is 0 Å². The summed E-state index contributed by atoms with van der Waals surface area (Å²) in [5.41, 5.74) is 2.97. The van der Waals surface area contributed by atoms with Crippen LogP contribution in [0.15, 0.2) is 42.5 Å². The van der Waals surface area contributed by atoms with Crippen LogP contribution in [0.2, 0.25) is 0 Å². The van der Waals surface area contributed by atoms with E-state index in [4.69, 9.17) is 0 Å². The van der Waals surface area contributed by atoms with E-state index in [0.29, 0.717) is 0 Å². The normalized spacial score (nSPS) is 17.5. The molecule has 0 aromatic carbocycles. The van der Waals surface area contributed by atoms with E-state index in [9.17, 15) is 0 Å². The van der Waals surface area contributed by atoms with Gasteiger partial charge >= 0.3 is 0 Å². The van der Waals surface area contributed by atoms with E-state index in [1.165, 1.54) is 0 Å². The molecule has 1 aromatic rings. The molecule has 0 unspecified atom stereocenters. The first-order valence-corrected chi connectivity index (χ1v) is 5.77. The third-order valence-corrected chi connectivity index (χ3v) is 2.72. The van der Waals surface area contributed by atoms with Gasteiger partial charge < -0.3 is 0 Å². The molecule has 0 bridgehead atoms. The smallest absolute Gasteiger partial charge is 0.113 e. The highest BCUT2D eigenvalue weighted by Crippen LogP contribution is 2.17. The molecule has 3 heteroatoms. The monoisotopic (exact) mass is 223 g/mol. The van der Waals surface area contributed by atoms with E-state index in [1.54, 1.807) is 4.80 Å². The Morgan fingerprint density at radius 3 is 2.41 bits per heavy atom. The summed E-state index contributed by atoms with van der Waals surface area (Å²) in [5.74, 6) is 0. The number of nitrogens with zero attached hydrogens (tertiary/aromatic N) is 3. The van der Waals surface area contributed by atoms with Crippen LogP contribution >= 0.6 is 0 Å². The van der Waals surface area contributed by atoms with Gasteiger partial charge in [-0.25, -0.2) is 0 Å². The number of fused-ring (bicyclic) bond motifs is 1. The molecule has 3 rings (SSSR count). The number of allylic oxidation sites excluding steroid dienone is 8. The quantitative estimate of drug-likeness (QED) is 0.732. The van der Waals surface area contributed by atoms with Gasteiger partial charge in [0.25, 0.3) is 0 Å². The fourth-order valence-corrected chi connectivity index (χ4v) is 1.85. The summed E-state index contributed by atoms with van der Waals surface area (Å²) in [7, 11) is 0. The number of hydrogen-bond donors (Lipinski definition) is 0. The third-order valence-electron chi connectivity index (χ3n) is 2.72. The van der Waals surface area contributed by atoms with Gasteiger partial charge in [-0.15, -0.1) is 10.2 Å². The number of hydrogen-bond acceptors (Lipinski definition) is 2. The van der Waals surface area contributed by atoms with E-state index >= 15 is 0 Å². The van der Waals surface area contributed by atoms with Crippen molar-refractivity contribution < 1.29 is 0 Å². The lowest BCUT2D eigenvalue weighted by atomic mass is 10.3. The molecule has 2 aliphatic carbocycles. The second kappa shape index (κ2) is 4.37. The summed E-state index contributed by atoms with van der Waals surface area (Å²) in [5, 5.41) is 9.02. The van der Waals surface area contributed by atoms with Crippen LogP contribution < -0.4 is 0 Å². The van der Waals surface area contributed by atoms with Crippen molar-refractivity contribution in [3.8, 4) is 0 Å². The molecular weight excluding hydrogens is 210 g/mol.